The van der Waals surface area contributed by atoms with E-state index in [9.17, 15) is 4.79 Å². The largest absolute Gasteiger partial charge is 0.287 e. The summed E-state index contributed by atoms with van der Waals surface area (Å²) < 4.78 is 3.31. The molecule has 0 bridgehead atoms. The SMILES string of the molecule is O=c1ccn(-c2ccnc(Cl)c2)nc1-c1ccnn1-c1cccc2cnccc12. The molecule has 5 rings (SSSR count). The van der Waals surface area contributed by atoms with E-state index >= 15 is 0 Å². The molecule has 4 heterocycles. The average Bonchev–Trinajstić information content (AvgIpc) is 3.23. The first-order valence-electron chi connectivity index (χ1n) is 8.80. The molecule has 0 spiro atoms. The summed E-state index contributed by atoms with van der Waals surface area (Å²) in [5.41, 5.74) is 2.21. The third-order valence-corrected chi connectivity index (χ3v) is 4.76. The third kappa shape index (κ3) is 3.07. The first kappa shape index (κ1) is 17.3. The number of aromatic nitrogens is 6. The van der Waals surface area contributed by atoms with Crippen LogP contribution in [0, 0.1) is 0 Å². The number of benzene rings is 1. The average molecular weight is 401 g/mol. The standard InChI is InChI=1S/C21H13ClN6O/c22-20-12-15(4-9-24-20)27-11-7-19(29)21(26-27)18-6-10-25-28(18)17-3-1-2-14-13-23-8-5-16(14)17/h1-13H. The van der Waals surface area contributed by atoms with Gasteiger partial charge in [0.2, 0.25) is 5.43 Å². The molecular formula is C21H13ClN6O. The smallest absolute Gasteiger partial charge is 0.209 e. The van der Waals surface area contributed by atoms with Crippen molar-refractivity contribution in [1.82, 2.24) is 29.5 Å². The second kappa shape index (κ2) is 6.96. The van der Waals surface area contributed by atoms with Crippen molar-refractivity contribution < 1.29 is 0 Å². The number of pyridine rings is 2. The number of halogens is 1. The van der Waals surface area contributed by atoms with E-state index in [0.29, 0.717) is 16.5 Å². The highest BCUT2D eigenvalue weighted by Crippen LogP contribution is 2.25. The van der Waals surface area contributed by atoms with Crippen molar-refractivity contribution in [3.05, 3.63) is 94.9 Å². The van der Waals surface area contributed by atoms with E-state index in [-0.39, 0.29) is 11.1 Å². The Morgan fingerprint density at radius 2 is 1.90 bits per heavy atom. The second-order valence-electron chi connectivity index (χ2n) is 6.31. The summed E-state index contributed by atoms with van der Waals surface area (Å²) in [7, 11) is 0. The van der Waals surface area contributed by atoms with E-state index in [1.807, 2.05) is 24.3 Å². The summed E-state index contributed by atoms with van der Waals surface area (Å²) in [6.07, 6.45) is 8.36. The van der Waals surface area contributed by atoms with E-state index in [0.717, 1.165) is 16.5 Å². The van der Waals surface area contributed by atoms with E-state index in [1.165, 1.54) is 6.07 Å². The molecule has 0 unspecified atom stereocenters. The Kier molecular flexibility index (Phi) is 4.14. The van der Waals surface area contributed by atoms with Crippen LogP contribution in [0.25, 0.3) is 33.5 Å². The fourth-order valence-electron chi connectivity index (χ4n) is 3.23. The van der Waals surface area contributed by atoms with Gasteiger partial charge in [-0.15, -0.1) is 0 Å². The van der Waals surface area contributed by atoms with Crippen molar-refractivity contribution in [2.45, 2.75) is 0 Å². The molecule has 0 aliphatic rings. The predicted molar refractivity (Wildman–Crippen MR) is 110 cm³/mol. The zero-order chi connectivity index (χ0) is 19.8. The van der Waals surface area contributed by atoms with Gasteiger partial charge in [0.25, 0.3) is 0 Å². The molecule has 0 radical (unpaired) electrons. The van der Waals surface area contributed by atoms with Gasteiger partial charge in [0.1, 0.15) is 5.15 Å². The molecule has 0 aliphatic heterocycles. The van der Waals surface area contributed by atoms with Gasteiger partial charge in [-0.25, -0.2) is 14.3 Å². The number of hydrogen-bond donors (Lipinski definition) is 0. The summed E-state index contributed by atoms with van der Waals surface area (Å²) in [6.45, 7) is 0. The Hall–Kier alpha value is -3.84. The Morgan fingerprint density at radius 1 is 0.966 bits per heavy atom. The lowest BCUT2D eigenvalue weighted by atomic mass is 10.1. The topological polar surface area (TPSA) is 78.5 Å². The van der Waals surface area contributed by atoms with Gasteiger partial charge in [0, 0.05) is 47.7 Å². The fourth-order valence-corrected chi connectivity index (χ4v) is 3.40. The molecule has 8 heteroatoms. The van der Waals surface area contributed by atoms with Gasteiger partial charge >= 0.3 is 0 Å². The maximum atomic E-state index is 12.6. The van der Waals surface area contributed by atoms with E-state index < -0.39 is 0 Å². The van der Waals surface area contributed by atoms with Crippen molar-refractivity contribution in [2.75, 3.05) is 0 Å². The maximum Gasteiger partial charge on any atom is 0.209 e. The molecule has 0 atom stereocenters. The van der Waals surface area contributed by atoms with Crippen molar-refractivity contribution in [2.24, 2.45) is 0 Å². The molecule has 0 aliphatic carbocycles. The highest BCUT2D eigenvalue weighted by atomic mass is 35.5. The van der Waals surface area contributed by atoms with Crippen LogP contribution >= 0.6 is 11.6 Å². The van der Waals surface area contributed by atoms with Crippen LogP contribution in [0.2, 0.25) is 5.15 Å². The van der Waals surface area contributed by atoms with Gasteiger partial charge in [-0.1, -0.05) is 23.7 Å². The molecule has 0 amide bonds. The monoisotopic (exact) mass is 400 g/mol. The van der Waals surface area contributed by atoms with Crippen LogP contribution in [0.1, 0.15) is 0 Å². The van der Waals surface area contributed by atoms with Crippen LogP contribution in [-0.4, -0.2) is 29.5 Å². The molecule has 7 nitrogen and oxygen atoms in total. The fraction of sp³-hybridized carbons (Fsp3) is 0. The third-order valence-electron chi connectivity index (χ3n) is 4.55. The lowest BCUT2D eigenvalue weighted by molar-refractivity contribution is 0.823. The summed E-state index contributed by atoms with van der Waals surface area (Å²) in [4.78, 5) is 20.8. The molecule has 0 N–H and O–H groups in total. The molecule has 0 saturated carbocycles. The molecule has 29 heavy (non-hydrogen) atoms. The molecule has 0 saturated heterocycles. The number of rotatable bonds is 3. The van der Waals surface area contributed by atoms with Crippen molar-refractivity contribution in [3.8, 4) is 22.8 Å². The minimum absolute atomic E-state index is 0.204. The normalized spacial score (nSPS) is 11.1. The van der Waals surface area contributed by atoms with Crippen LogP contribution in [-0.2, 0) is 0 Å². The zero-order valence-electron chi connectivity index (χ0n) is 15.0. The number of nitrogens with zero attached hydrogens (tertiary/aromatic N) is 6. The van der Waals surface area contributed by atoms with Gasteiger partial charge in [-0.2, -0.15) is 10.2 Å². The lowest BCUT2D eigenvalue weighted by Gasteiger charge is -2.11. The van der Waals surface area contributed by atoms with E-state index in [1.54, 1.807) is 58.5 Å². The van der Waals surface area contributed by atoms with Gasteiger partial charge in [-0.3, -0.25) is 9.78 Å². The first-order valence-corrected chi connectivity index (χ1v) is 9.18. The summed E-state index contributed by atoms with van der Waals surface area (Å²) >= 11 is 5.99. The molecule has 4 aromatic heterocycles. The van der Waals surface area contributed by atoms with Gasteiger partial charge in [-0.05, 0) is 24.3 Å². The Balaban J connectivity index is 1.70. The van der Waals surface area contributed by atoms with Gasteiger partial charge in [0.05, 0.1) is 23.3 Å². The summed E-state index contributed by atoms with van der Waals surface area (Å²) in [5.74, 6) is 0. The minimum Gasteiger partial charge on any atom is -0.287 e. The minimum atomic E-state index is -0.204. The zero-order valence-corrected chi connectivity index (χ0v) is 15.7. The quantitative estimate of drug-likeness (QED) is 0.432. The summed E-state index contributed by atoms with van der Waals surface area (Å²) in [6, 6.07) is 14.5. The maximum absolute atomic E-state index is 12.6. The summed E-state index contributed by atoms with van der Waals surface area (Å²) in [5, 5.41) is 11.3. The highest BCUT2D eigenvalue weighted by molar-refractivity contribution is 6.29. The predicted octanol–water partition coefficient (Wildman–Crippen LogP) is 3.68. The van der Waals surface area contributed by atoms with E-state index in [2.05, 4.69) is 20.2 Å². The van der Waals surface area contributed by atoms with Crippen LogP contribution in [0.4, 0.5) is 0 Å². The molecule has 0 fully saturated rings. The number of fused-ring (bicyclic) bond motifs is 1. The Morgan fingerprint density at radius 3 is 2.79 bits per heavy atom. The van der Waals surface area contributed by atoms with Crippen molar-refractivity contribution in [1.29, 1.82) is 0 Å². The van der Waals surface area contributed by atoms with Gasteiger partial charge < -0.3 is 0 Å². The molecule has 5 aromatic rings. The van der Waals surface area contributed by atoms with Crippen LogP contribution in [0.5, 0.6) is 0 Å². The van der Waals surface area contributed by atoms with Crippen LogP contribution in [0.3, 0.4) is 0 Å². The Labute approximate surface area is 169 Å². The first-order chi connectivity index (χ1) is 14.2. The van der Waals surface area contributed by atoms with Crippen molar-refractivity contribution in [3.63, 3.8) is 0 Å². The molecule has 140 valence electrons. The highest BCUT2D eigenvalue weighted by Gasteiger charge is 2.15. The second-order valence-corrected chi connectivity index (χ2v) is 6.70. The van der Waals surface area contributed by atoms with Crippen LogP contribution in [0.15, 0.2) is 84.3 Å². The van der Waals surface area contributed by atoms with Crippen molar-refractivity contribution >= 4 is 22.4 Å². The number of hydrogen-bond acceptors (Lipinski definition) is 5. The lowest BCUT2D eigenvalue weighted by Crippen LogP contribution is -2.15. The molecular weight excluding hydrogens is 388 g/mol. The molecule has 1 aromatic carbocycles. The van der Waals surface area contributed by atoms with Crippen LogP contribution < -0.4 is 5.43 Å². The van der Waals surface area contributed by atoms with E-state index in [4.69, 9.17) is 11.6 Å². The van der Waals surface area contributed by atoms with Gasteiger partial charge in [0.15, 0.2) is 5.69 Å². The Bertz CT molecular complexity index is 1400.